The Balaban J connectivity index is 1.42. The number of hydrogen-bond donors (Lipinski definition) is 3. The lowest BCUT2D eigenvalue weighted by atomic mass is 10.0. The normalized spacial score (nSPS) is 11.2. The van der Waals surface area contributed by atoms with Crippen LogP contribution in [0.25, 0.3) is 33.3 Å². The smallest absolute Gasteiger partial charge is 0.0891 e. The molecule has 0 bridgehead atoms. The molecule has 0 saturated carbocycles. The number of nitrogens with zero attached hydrogens (tertiary/aromatic N) is 4. The van der Waals surface area contributed by atoms with Gasteiger partial charge in [0, 0.05) is 47.3 Å². The Labute approximate surface area is 205 Å². The van der Waals surface area contributed by atoms with Gasteiger partial charge in [-0.05, 0) is 61.7 Å². The van der Waals surface area contributed by atoms with E-state index in [0.29, 0.717) is 12.6 Å². The number of H-pyrrole nitrogens is 1. The van der Waals surface area contributed by atoms with Gasteiger partial charge in [-0.3, -0.25) is 20.1 Å². The molecule has 0 saturated heterocycles. The number of rotatable bonds is 8. The largest absolute Gasteiger partial charge is 0.382 e. The summed E-state index contributed by atoms with van der Waals surface area (Å²) in [5.41, 5.74) is 9.32. The molecule has 1 aromatic carbocycles. The molecule has 0 unspecified atom stereocenters. The molecule has 7 nitrogen and oxygen atoms in total. The molecule has 176 valence electrons. The summed E-state index contributed by atoms with van der Waals surface area (Å²) in [4.78, 5) is 13.4. The van der Waals surface area contributed by atoms with Crippen LogP contribution in [0.4, 0.5) is 11.4 Å². The molecule has 5 aromatic rings. The molecule has 0 amide bonds. The highest BCUT2D eigenvalue weighted by atomic mass is 15.1. The zero-order valence-corrected chi connectivity index (χ0v) is 20.2. The average Bonchev–Trinajstić information content (AvgIpc) is 3.29. The Hall–Kier alpha value is -4.26. The van der Waals surface area contributed by atoms with E-state index in [9.17, 15) is 0 Å². The standard InChI is InChI=1S/C28H29N7/c1-4-22-24(25-7-5-6-10-31-25)15-30-16-27(22)32-17-28-23-12-19(8-9-26(23)34-35-28)20-11-21(14-29-13-20)33-18(2)3/h5-16,18,32-33H,4,17H2,1-3H3,(H,34,35). The summed E-state index contributed by atoms with van der Waals surface area (Å²) in [7, 11) is 0. The molecule has 4 aromatic heterocycles. The highest BCUT2D eigenvalue weighted by Crippen LogP contribution is 2.30. The van der Waals surface area contributed by atoms with Gasteiger partial charge in [0.15, 0.2) is 0 Å². The Morgan fingerprint density at radius 3 is 2.63 bits per heavy atom. The van der Waals surface area contributed by atoms with Crippen molar-refractivity contribution in [2.24, 2.45) is 0 Å². The van der Waals surface area contributed by atoms with E-state index in [2.05, 4.69) is 80.8 Å². The van der Waals surface area contributed by atoms with Crippen LogP contribution in [-0.2, 0) is 13.0 Å². The molecule has 0 spiro atoms. The van der Waals surface area contributed by atoms with E-state index in [0.717, 1.165) is 56.8 Å². The average molecular weight is 464 g/mol. The predicted octanol–water partition coefficient (Wildman–Crippen LogP) is 6.08. The minimum Gasteiger partial charge on any atom is -0.382 e. The third-order valence-corrected chi connectivity index (χ3v) is 5.97. The first-order chi connectivity index (χ1) is 17.1. The third kappa shape index (κ3) is 4.84. The SMILES string of the molecule is CCc1c(NCc2n[nH]c3ccc(-c4cncc(NC(C)C)c4)cc23)cncc1-c1ccccn1. The first-order valence-corrected chi connectivity index (χ1v) is 11.9. The molecule has 35 heavy (non-hydrogen) atoms. The summed E-state index contributed by atoms with van der Waals surface area (Å²) in [6.07, 6.45) is 10.2. The van der Waals surface area contributed by atoms with Gasteiger partial charge in [-0.15, -0.1) is 0 Å². The van der Waals surface area contributed by atoms with Crippen molar-refractivity contribution in [2.45, 2.75) is 39.8 Å². The Bertz CT molecular complexity index is 1440. The second-order valence-electron chi connectivity index (χ2n) is 8.83. The second kappa shape index (κ2) is 9.93. The van der Waals surface area contributed by atoms with Crippen LogP contribution >= 0.6 is 0 Å². The Morgan fingerprint density at radius 2 is 1.83 bits per heavy atom. The van der Waals surface area contributed by atoms with Gasteiger partial charge in [0.1, 0.15) is 0 Å². The fourth-order valence-electron chi connectivity index (χ4n) is 4.34. The summed E-state index contributed by atoms with van der Waals surface area (Å²) in [5, 5.41) is 15.8. The van der Waals surface area contributed by atoms with Gasteiger partial charge in [-0.2, -0.15) is 5.10 Å². The minimum absolute atomic E-state index is 0.347. The monoisotopic (exact) mass is 463 g/mol. The maximum Gasteiger partial charge on any atom is 0.0891 e. The van der Waals surface area contributed by atoms with E-state index in [1.54, 1.807) is 0 Å². The predicted molar refractivity (Wildman–Crippen MR) is 142 cm³/mol. The Kier molecular flexibility index (Phi) is 6.39. The number of hydrogen-bond acceptors (Lipinski definition) is 6. The van der Waals surface area contributed by atoms with E-state index in [1.165, 1.54) is 5.56 Å². The summed E-state index contributed by atoms with van der Waals surface area (Å²) < 4.78 is 0. The fourth-order valence-corrected chi connectivity index (χ4v) is 4.34. The van der Waals surface area contributed by atoms with E-state index in [4.69, 9.17) is 0 Å². The summed E-state index contributed by atoms with van der Waals surface area (Å²) in [6, 6.07) is 14.8. The van der Waals surface area contributed by atoms with Crippen molar-refractivity contribution >= 4 is 22.3 Å². The Morgan fingerprint density at radius 1 is 0.943 bits per heavy atom. The zero-order valence-electron chi connectivity index (χ0n) is 20.2. The van der Waals surface area contributed by atoms with Crippen molar-refractivity contribution in [1.29, 1.82) is 0 Å². The van der Waals surface area contributed by atoms with Crippen LogP contribution in [0.1, 0.15) is 32.0 Å². The maximum atomic E-state index is 4.59. The number of nitrogens with one attached hydrogen (secondary N) is 3. The van der Waals surface area contributed by atoms with Crippen LogP contribution in [0.5, 0.6) is 0 Å². The van der Waals surface area contributed by atoms with E-state index < -0.39 is 0 Å². The van der Waals surface area contributed by atoms with Crippen LogP contribution in [-0.4, -0.2) is 31.2 Å². The first-order valence-electron chi connectivity index (χ1n) is 11.9. The molecule has 7 heteroatoms. The van der Waals surface area contributed by atoms with Gasteiger partial charge in [-0.1, -0.05) is 19.1 Å². The van der Waals surface area contributed by atoms with Crippen molar-refractivity contribution in [1.82, 2.24) is 25.1 Å². The summed E-state index contributed by atoms with van der Waals surface area (Å²) in [6.45, 7) is 6.97. The second-order valence-corrected chi connectivity index (χ2v) is 8.83. The van der Waals surface area contributed by atoms with Crippen molar-refractivity contribution in [2.75, 3.05) is 10.6 Å². The molecule has 3 N–H and O–H groups in total. The van der Waals surface area contributed by atoms with Crippen LogP contribution in [0.2, 0.25) is 0 Å². The number of aromatic amines is 1. The van der Waals surface area contributed by atoms with Crippen molar-refractivity contribution in [3.05, 3.63) is 84.7 Å². The number of benzene rings is 1. The maximum absolute atomic E-state index is 4.59. The van der Waals surface area contributed by atoms with Crippen molar-refractivity contribution in [3.63, 3.8) is 0 Å². The molecule has 0 atom stereocenters. The topological polar surface area (TPSA) is 91.4 Å². The lowest BCUT2D eigenvalue weighted by Gasteiger charge is -2.14. The van der Waals surface area contributed by atoms with Crippen LogP contribution in [0, 0.1) is 0 Å². The van der Waals surface area contributed by atoms with Crippen LogP contribution in [0.15, 0.2) is 73.4 Å². The van der Waals surface area contributed by atoms with Gasteiger partial charge in [-0.25, -0.2) is 0 Å². The van der Waals surface area contributed by atoms with Crippen molar-refractivity contribution < 1.29 is 0 Å². The highest BCUT2D eigenvalue weighted by Gasteiger charge is 2.13. The van der Waals surface area contributed by atoms with E-state index >= 15 is 0 Å². The molecule has 0 radical (unpaired) electrons. The van der Waals surface area contributed by atoms with Gasteiger partial charge in [0.2, 0.25) is 0 Å². The number of pyridine rings is 3. The van der Waals surface area contributed by atoms with Crippen LogP contribution < -0.4 is 10.6 Å². The highest BCUT2D eigenvalue weighted by molar-refractivity contribution is 5.87. The van der Waals surface area contributed by atoms with Gasteiger partial charge in [0.25, 0.3) is 0 Å². The van der Waals surface area contributed by atoms with Gasteiger partial charge >= 0.3 is 0 Å². The minimum atomic E-state index is 0.347. The van der Waals surface area contributed by atoms with Crippen molar-refractivity contribution in [3.8, 4) is 22.4 Å². The lowest BCUT2D eigenvalue weighted by molar-refractivity contribution is 0.898. The summed E-state index contributed by atoms with van der Waals surface area (Å²) >= 11 is 0. The third-order valence-electron chi connectivity index (χ3n) is 5.97. The fraction of sp³-hybridized carbons (Fsp3) is 0.214. The molecule has 0 aliphatic heterocycles. The first kappa shape index (κ1) is 22.5. The van der Waals surface area contributed by atoms with E-state index in [1.807, 2.05) is 49.2 Å². The quantitative estimate of drug-likeness (QED) is 0.258. The summed E-state index contributed by atoms with van der Waals surface area (Å²) in [5.74, 6) is 0. The molecular weight excluding hydrogens is 434 g/mol. The van der Waals surface area contributed by atoms with E-state index in [-0.39, 0.29) is 0 Å². The molecule has 0 aliphatic carbocycles. The molecule has 5 rings (SSSR count). The lowest BCUT2D eigenvalue weighted by Crippen LogP contribution is -2.09. The molecule has 0 aliphatic rings. The van der Waals surface area contributed by atoms with Crippen LogP contribution in [0.3, 0.4) is 0 Å². The number of anilines is 2. The van der Waals surface area contributed by atoms with Gasteiger partial charge < -0.3 is 10.6 Å². The molecular formula is C28H29N7. The number of fused-ring (bicyclic) bond motifs is 1. The van der Waals surface area contributed by atoms with Gasteiger partial charge in [0.05, 0.1) is 41.0 Å². The zero-order chi connectivity index (χ0) is 24.2. The number of aromatic nitrogens is 5. The molecule has 0 fully saturated rings. The molecule has 4 heterocycles.